The van der Waals surface area contributed by atoms with Gasteiger partial charge in [0.1, 0.15) is 5.69 Å². The minimum atomic E-state index is -0.300. The first kappa shape index (κ1) is 21.3. The maximum Gasteiger partial charge on any atom is 0.273 e. The molecule has 0 fully saturated rings. The summed E-state index contributed by atoms with van der Waals surface area (Å²) in [5.74, 6) is -0.230. The molecule has 0 saturated carbocycles. The van der Waals surface area contributed by atoms with E-state index in [2.05, 4.69) is 45.0 Å². The quantitative estimate of drug-likeness (QED) is 0.615. The van der Waals surface area contributed by atoms with Crippen molar-refractivity contribution >= 4 is 11.0 Å². The van der Waals surface area contributed by atoms with Gasteiger partial charge in [-0.1, -0.05) is 57.2 Å². The first-order valence-electron chi connectivity index (χ1n) is 10.2. The Bertz CT molecular complexity index is 1050. The molecule has 3 aromatic rings. The van der Waals surface area contributed by atoms with Crippen molar-refractivity contribution < 1.29 is 4.74 Å². The van der Waals surface area contributed by atoms with Gasteiger partial charge in [0.2, 0.25) is 0 Å². The predicted molar refractivity (Wildman–Crippen MR) is 120 cm³/mol. The zero-order chi connectivity index (χ0) is 21.4. The molecule has 0 amide bonds. The summed E-state index contributed by atoms with van der Waals surface area (Å²) in [4.78, 5) is 18.0. The van der Waals surface area contributed by atoms with E-state index in [1.807, 2.05) is 45.0 Å². The topological polar surface area (TPSA) is 44.1 Å². The standard InChI is InChI=1S/C25H32N2O2/c1-24(2,3)18-14-12-17(13-15-18)19(16-29-25(4,5)6)22-23(28)27(7)21-11-9-8-10-20(21)26-22/h8-15,19H,16H2,1-7H3. The Labute approximate surface area is 173 Å². The molecule has 0 aliphatic heterocycles. The lowest BCUT2D eigenvalue weighted by atomic mass is 9.85. The Kier molecular flexibility index (Phi) is 5.68. The van der Waals surface area contributed by atoms with Crippen LogP contribution in [0.2, 0.25) is 0 Å². The minimum Gasteiger partial charge on any atom is -0.375 e. The molecule has 1 heterocycles. The number of hydrogen-bond donors (Lipinski definition) is 0. The lowest BCUT2D eigenvalue weighted by molar-refractivity contribution is -0.00716. The summed E-state index contributed by atoms with van der Waals surface area (Å²) < 4.78 is 7.80. The molecule has 4 heteroatoms. The highest BCUT2D eigenvalue weighted by molar-refractivity contribution is 5.74. The van der Waals surface area contributed by atoms with Crippen LogP contribution in [0.15, 0.2) is 53.3 Å². The Morgan fingerprint density at radius 1 is 0.966 bits per heavy atom. The molecule has 4 nitrogen and oxygen atoms in total. The monoisotopic (exact) mass is 392 g/mol. The van der Waals surface area contributed by atoms with Gasteiger partial charge in [0.25, 0.3) is 5.56 Å². The SMILES string of the molecule is Cn1c(=O)c(C(COC(C)(C)C)c2ccc(C(C)(C)C)cc2)nc2ccccc21. The van der Waals surface area contributed by atoms with Crippen LogP contribution in [0.1, 0.15) is 64.3 Å². The van der Waals surface area contributed by atoms with E-state index < -0.39 is 0 Å². The van der Waals surface area contributed by atoms with Crippen molar-refractivity contribution in [3.63, 3.8) is 0 Å². The van der Waals surface area contributed by atoms with Crippen molar-refractivity contribution in [1.82, 2.24) is 9.55 Å². The molecule has 1 aromatic heterocycles. The van der Waals surface area contributed by atoms with E-state index in [-0.39, 0.29) is 22.5 Å². The van der Waals surface area contributed by atoms with E-state index >= 15 is 0 Å². The van der Waals surface area contributed by atoms with Gasteiger partial charge in [-0.2, -0.15) is 0 Å². The summed E-state index contributed by atoms with van der Waals surface area (Å²) in [6, 6.07) is 16.2. The second-order valence-corrected chi connectivity index (χ2v) is 9.70. The smallest absolute Gasteiger partial charge is 0.273 e. The largest absolute Gasteiger partial charge is 0.375 e. The molecule has 1 unspecified atom stereocenters. The molecular weight excluding hydrogens is 360 g/mol. The first-order chi connectivity index (χ1) is 13.5. The number of hydrogen-bond acceptors (Lipinski definition) is 3. The number of para-hydroxylation sites is 2. The zero-order valence-corrected chi connectivity index (χ0v) is 18.6. The third-order valence-electron chi connectivity index (χ3n) is 5.20. The van der Waals surface area contributed by atoms with E-state index in [1.165, 1.54) is 5.56 Å². The molecule has 154 valence electrons. The fraction of sp³-hybridized carbons (Fsp3) is 0.440. The van der Waals surface area contributed by atoms with Crippen molar-refractivity contribution in [2.24, 2.45) is 7.05 Å². The van der Waals surface area contributed by atoms with E-state index in [9.17, 15) is 4.79 Å². The molecule has 0 bridgehead atoms. The van der Waals surface area contributed by atoms with Gasteiger partial charge in [0.15, 0.2) is 0 Å². The normalized spacial score (nSPS) is 13.6. The Balaban J connectivity index is 2.12. The second-order valence-electron chi connectivity index (χ2n) is 9.70. The number of aryl methyl sites for hydroxylation is 1. The van der Waals surface area contributed by atoms with Crippen molar-refractivity contribution in [3.05, 3.63) is 75.7 Å². The fourth-order valence-electron chi connectivity index (χ4n) is 3.41. The van der Waals surface area contributed by atoms with Crippen LogP contribution in [-0.2, 0) is 17.2 Å². The number of fused-ring (bicyclic) bond motifs is 1. The molecule has 0 radical (unpaired) electrons. The van der Waals surface area contributed by atoms with Crippen LogP contribution in [-0.4, -0.2) is 21.8 Å². The van der Waals surface area contributed by atoms with Crippen LogP contribution in [0.4, 0.5) is 0 Å². The molecule has 0 spiro atoms. The molecular formula is C25H32N2O2. The summed E-state index contributed by atoms with van der Waals surface area (Å²) in [6.45, 7) is 13.1. The summed E-state index contributed by atoms with van der Waals surface area (Å²) >= 11 is 0. The van der Waals surface area contributed by atoms with Gasteiger partial charge in [-0.25, -0.2) is 4.98 Å². The number of ether oxygens (including phenoxy) is 1. The third-order valence-corrected chi connectivity index (χ3v) is 5.20. The molecule has 0 saturated heterocycles. The Morgan fingerprint density at radius 2 is 1.59 bits per heavy atom. The highest BCUT2D eigenvalue weighted by atomic mass is 16.5. The number of aromatic nitrogens is 2. The van der Waals surface area contributed by atoms with Gasteiger partial charge in [0, 0.05) is 7.05 Å². The summed E-state index contributed by atoms with van der Waals surface area (Å²) in [5, 5.41) is 0. The van der Waals surface area contributed by atoms with Crippen molar-refractivity contribution in [2.45, 2.75) is 58.5 Å². The average molecular weight is 393 g/mol. The van der Waals surface area contributed by atoms with E-state index in [0.717, 1.165) is 16.6 Å². The number of benzene rings is 2. The second kappa shape index (κ2) is 7.75. The predicted octanol–water partition coefficient (Wildman–Crippen LogP) is 5.18. The minimum absolute atomic E-state index is 0.0767. The van der Waals surface area contributed by atoms with Gasteiger partial charge in [-0.15, -0.1) is 0 Å². The molecule has 0 aliphatic carbocycles. The molecule has 0 aliphatic rings. The lowest BCUT2D eigenvalue weighted by Crippen LogP contribution is -2.30. The van der Waals surface area contributed by atoms with Crippen LogP contribution in [0.25, 0.3) is 11.0 Å². The molecule has 29 heavy (non-hydrogen) atoms. The molecule has 2 aromatic carbocycles. The lowest BCUT2D eigenvalue weighted by Gasteiger charge is -2.25. The van der Waals surface area contributed by atoms with Crippen LogP contribution >= 0.6 is 0 Å². The summed E-state index contributed by atoms with van der Waals surface area (Å²) in [7, 11) is 1.81. The molecule has 3 rings (SSSR count). The maximum absolute atomic E-state index is 13.2. The van der Waals surface area contributed by atoms with Crippen LogP contribution in [0, 0.1) is 0 Å². The van der Waals surface area contributed by atoms with Crippen molar-refractivity contribution in [2.75, 3.05) is 6.61 Å². The van der Waals surface area contributed by atoms with Gasteiger partial charge < -0.3 is 9.30 Å². The average Bonchev–Trinajstić information content (AvgIpc) is 2.64. The van der Waals surface area contributed by atoms with Gasteiger partial charge in [-0.05, 0) is 49.4 Å². The highest BCUT2D eigenvalue weighted by Crippen LogP contribution is 2.28. The Hall–Kier alpha value is -2.46. The maximum atomic E-state index is 13.2. The van der Waals surface area contributed by atoms with Gasteiger partial charge in [-0.3, -0.25) is 4.79 Å². The third kappa shape index (κ3) is 4.76. The van der Waals surface area contributed by atoms with E-state index in [0.29, 0.717) is 12.3 Å². The van der Waals surface area contributed by atoms with Crippen molar-refractivity contribution in [1.29, 1.82) is 0 Å². The fourth-order valence-corrected chi connectivity index (χ4v) is 3.41. The summed E-state index contributed by atoms with van der Waals surface area (Å²) in [6.07, 6.45) is 0. The first-order valence-corrected chi connectivity index (χ1v) is 10.2. The highest BCUT2D eigenvalue weighted by Gasteiger charge is 2.25. The summed E-state index contributed by atoms with van der Waals surface area (Å²) in [5.41, 5.74) is 4.18. The number of rotatable bonds is 4. The van der Waals surface area contributed by atoms with Gasteiger partial charge in [0.05, 0.1) is 29.2 Å². The van der Waals surface area contributed by atoms with E-state index in [1.54, 1.807) is 11.6 Å². The molecule has 1 atom stereocenters. The molecule has 0 N–H and O–H groups in total. The van der Waals surface area contributed by atoms with Crippen LogP contribution < -0.4 is 5.56 Å². The Morgan fingerprint density at radius 3 is 2.17 bits per heavy atom. The number of nitrogens with zero attached hydrogens (tertiary/aromatic N) is 2. The van der Waals surface area contributed by atoms with Crippen LogP contribution in [0.3, 0.4) is 0 Å². The van der Waals surface area contributed by atoms with Gasteiger partial charge >= 0.3 is 0 Å². The van der Waals surface area contributed by atoms with Crippen LogP contribution in [0.5, 0.6) is 0 Å². The zero-order valence-electron chi connectivity index (χ0n) is 18.6. The van der Waals surface area contributed by atoms with Crippen molar-refractivity contribution in [3.8, 4) is 0 Å². The van der Waals surface area contributed by atoms with E-state index in [4.69, 9.17) is 9.72 Å².